The van der Waals surface area contributed by atoms with Crippen LogP contribution in [0.1, 0.15) is 44.4 Å². The maximum Gasteiger partial charge on any atom is 0.514 e. The Balaban J connectivity index is 2.83. The summed E-state index contributed by atoms with van der Waals surface area (Å²) in [6, 6.07) is 3.73. The number of hydrogen-bond donors (Lipinski definition) is 1. The third-order valence-electron chi connectivity index (χ3n) is 2.94. The molecule has 1 aromatic carbocycles. The normalized spacial score (nSPS) is 10.9. The maximum atomic E-state index is 11.8. The highest BCUT2D eigenvalue weighted by atomic mass is 16.7. The van der Waals surface area contributed by atoms with Gasteiger partial charge in [0.2, 0.25) is 5.91 Å². The van der Waals surface area contributed by atoms with E-state index < -0.39 is 11.8 Å². The highest BCUT2D eigenvalue weighted by Crippen LogP contribution is 2.26. The molecule has 1 N–H and O–H groups in total. The summed E-state index contributed by atoms with van der Waals surface area (Å²) in [7, 11) is 0. The van der Waals surface area contributed by atoms with Crippen LogP contribution in [0.4, 0.5) is 4.79 Å². The quantitative estimate of drug-likeness (QED) is 0.521. The molecule has 0 spiro atoms. The number of benzene rings is 1. The molecule has 1 aromatic rings. The Bertz CT molecular complexity index is 603. The van der Waals surface area contributed by atoms with Crippen molar-refractivity contribution >= 4 is 12.1 Å². The minimum Gasteiger partial charge on any atom is -0.428 e. The van der Waals surface area contributed by atoms with Crippen molar-refractivity contribution in [3.63, 3.8) is 0 Å². The Hall–Kier alpha value is -2.30. The number of carbonyl (C=O) groups excluding carboxylic acids is 2. The second kappa shape index (κ2) is 7.31. The number of rotatable bonds is 4. The van der Waals surface area contributed by atoms with Gasteiger partial charge in [-0.05, 0) is 58.2 Å². The van der Waals surface area contributed by atoms with E-state index in [9.17, 15) is 9.59 Å². The number of carbonyl (C=O) groups is 2. The summed E-state index contributed by atoms with van der Waals surface area (Å²) >= 11 is 0. The molecule has 0 aromatic heterocycles. The second-order valence-corrected chi connectivity index (χ2v) is 6.59. The van der Waals surface area contributed by atoms with Gasteiger partial charge in [-0.15, -0.1) is 0 Å². The monoisotopic (exact) mass is 319 g/mol. The molecule has 0 fully saturated rings. The van der Waals surface area contributed by atoms with E-state index in [-0.39, 0.29) is 5.91 Å². The van der Waals surface area contributed by atoms with Gasteiger partial charge in [-0.25, -0.2) is 4.79 Å². The van der Waals surface area contributed by atoms with Gasteiger partial charge in [-0.3, -0.25) is 4.79 Å². The standard InChI is InChI=1S/C18H25NO4/c1-11(2)16(20)19-10-14-8-12(3)15(13(4)9-14)22-17(21)23-18(5,6)7/h8-9H,1,10H2,2-7H3,(H,19,20). The lowest BCUT2D eigenvalue weighted by Crippen LogP contribution is -2.26. The van der Waals surface area contributed by atoms with E-state index in [0.717, 1.165) is 16.7 Å². The zero-order chi connectivity index (χ0) is 17.8. The molecule has 126 valence electrons. The van der Waals surface area contributed by atoms with Gasteiger partial charge in [0.1, 0.15) is 11.4 Å². The molecule has 1 rings (SSSR count). The Morgan fingerprint density at radius 1 is 1.17 bits per heavy atom. The first-order valence-electron chi connectivity index (χ1n) is 7.44. The van der Waals surface area contributed by atoms with Crippen LogP contribution < -0.4 is 10.1 Å². The second-order valence-electron chi connectivity index (χ2n) is 6.59. The lowest BCUT2D eigenvalue weighted by atomic mass is 10.1. The summed E-state index contributed by atoms with van der Waals surface area (Å²) in [6.45, 7) is 14.7. The predicted octanol–water partition coefficient (Wildman–Crippen LogP) is 3.81. The Kier molecular flexibility index (Phi) is 5.96. The number of amides is 1. The van der Waals surface area contributed by atoms with Crippen LogP contribution in [0, 0.1) is 13.8 Å². The van der Waals surface area contributed by atoms with E-state index in [1.165, 1.54) is 0 Å². The SMILES string of the molecule is C=C(C)C(=O)NCc1cc(C)c(OC(=O)OC(C)(C)C)c(C)c1. The fourth-order valence-corrected chi connectivity index (χ4v) is 1.99. The topological polar surface area (TPSA) is 64.6 Å². The van der Waals surface area contributed by atoms with Crippen LogP contribution in [-0.4, -0.2) is 17.7 Å². The van der Waals surface area contributed by atoms with Crippen molar-refractivity contribution in [1.82, 2.24) is 5.32 Å². The predicted molar refractivity (Wildman–Crippen MR) is 89.4 cm³/mol. The van der Waals surface area contributed by atoms with Gasteiger partial charge in [0.15, 0.2) is 0 Å². The molecule has 1 amide bonds. The highest BCUT2D eigenvalue weighted by molar-refractivity contribution is 5.92. The molecule has 0 saturated carbocycles. The first-order valence-corrected chi connectivity index (χ1v) is 7.44. The van der Waals surface area contributed by atoms with Crippen LogP contribution in [-0.2, 0) is 16.1 Å². The Morgan fingerprint density at radius 3 is 2.13 bits per heavy atom. The van der Waals surface area contributed by atoms with E-state index >= 15 is 0 Å². The minimum atomic E-state index is -0.730. The van der Waals surface area contributed by atoms with Gasteiger partial charge in [-0.2, -0.15) is 0 Å². The van der Waals surface area contributed by atoms with Crippen LogP contribution in [0.15, 0.2) is 24.3 Å². The molecule has 0 aliphatic rings. The first-order chi connectivity index (χ1) is 10.5. The van der Waals surface area contributed by atoms with Gasteiger partial charge < -0.3 is 14.8 Å². The summed E-state index contributed by atoms with van der Waals surface area (Å²) < 4.78 is 10.5. The fourth-order valence-electron chi connectivity index (χ4n) is 1.99. The minimum absolute atomic E-state index is 0.186. The third-order valence-corrected chi connectivity index (χ3v) is 2.94. The molecule has 0 radical (unpaired) electrons. The summed E-state index contributed by atoms with van der Waals surface area (Å²) in [5, 5.41) is 2.77. The van der Waals surface area contributed by atoms with Crippen LogP contribution in [0.2, 0.25) is 0 Å². The molecular weight excluding hydrogens is 294 g/mol. The lowest BCUT2D eigenvalue weighted by molar-refractivity contribution is -0.117. The van der Waals surface area contributed by atoms with E-state index in [0.29, 0.717) is 17.9 Å². The number of nitrogens with one attached hydrogen (secondary N) is 1. The smallest absolute Gasteiger partial charge is 0.428 e. The molecule has 23 heavy (non-hydrogen) atoms. The fraction of sp³-hybridized carbons (Fsp3) is 0.444. The van der Waals surface area contributed by atoms with Crippen molar-refractivity contribution in [1.29, 1.82) is 0 Å². The van der Waals surface area contributed by atoms with Crippen molar-refractivity contribution in [2.24, 2.45) is 0 Å². The molecule has 5 nitrogen and oxygen atoms in total. The first kappa shape index (κ1) is 18.7. The van der Waals surface area contributed by atoms with Crippen LogP contribution in [0.5, 0.6) is 5.75 Å². The maximum absolute atomic E-state index is 11.8. The van der Waals surface area contributed by atoms with Crippen LogP contribution in [0.25, 0.3) is 0 Å². The summed E-state index contributed by atoms with van der Waals surface area (Å²) in [4.78, 5) is 23.3. The molecule has 0 atom stereocenters. The van der Waals surface area contributed by atoms with E-state index in [1.54, 1.807) is 27.7 Å². The Labute approximate surface area is 137 Å². The van der Waals surface area contributed by atoms with Gasteiger partial charge in [-0.1, -0.05) is 18.7 Å². The summed E-state index contributed by atoms with van der Waals surface area (Å²) in [6.07, 6.45) is -0.730. The molecule has 0 aliphatic carbocycles. The van der Waals surface area contributed by atoms with E-state index in [4.69, 9.17) is 9.47 Å². The van der Waals surface area contributed by atoms with Gasteiger partial charge in [0.05, 0.1) is 0 Å². The van der Waals surface area contributed by atoms with E-state index in [2.05, 4.69) is 11.9 Å². The molecule has 0 heterocycles. The van der Waals surface area contributed by atoms with Crippen molar-refractivity contribution in [3.8, 4) is 5.75 Å². The summed E-state index contributed by atoms with van der Waals surface area (Å²) in [5.74, 6) is 0.295. The number of aryl methyl sites for hydroxylation is 2. The molecule has 0 saturated heterocycles. The molecular formula is C18H25NO4. The zero-order valence-corrected chi connectivity index (χ0v) is 14.7. The summed E-state index contributed by atoms with van der Waals surface area (Å²) in [5.41, 5.74) is 2.38. The van der Waals surface area contributed by atoms with Gasteiger partial charge in [0.25, 0.3) is 0 Å². The number of hydrogen-bond acceptors (Lipinski definition) is 4. The third kappa shape index (κ3) is 6.14. The zero-order valence-electron chi connectivity index (χ0n) is 14.7. The van der Waals surface area contributed by atoms with Crippen molar-refractivity contribution < 1.29 is 19.1 Å². The van der Waals surface area contributed by atoms with Crippen LogP contribution >= 0.6 is 0 Å². The molecule has 0 bridgehead atoms. The van der Waals surface area contributed by atoms with Gasteiger partial charge in [0, 0.05) is 12.1 Å². The van der Waals surface area contributed by atoms with Crippen molar-refractivity contribution in [2.75, 3.05) is 0 Å². The van der Waals surface area contributed by atoms with Crippen LogP contribution in [0.3, 0.4) is 0 Å². The molecule has 0 aliphatic heterocycles. The van der Waals surface area contributed by atoms with Gasteiger partial charge >= 0.3 is 6.16 Å². The highest BCUT2D eigenvalue weighted by Gasteiger charge is 2.19. The average molecular weight is 319 g/mol. The molecule has 5 heteroatoms. The Morgan fingerprint density at radius 2 is 1.70 bits per heavy atom. The lowest BCUT2D eigenvalue weighted by Gasteiger charge is -2.20. The number of ether oxygens (including phenoxy) is 2. The average Bonchev–Trinajstić information content (AvgIpc) is 2.38. The van der Waals surface area contributed by atoms with Crippen molar-refractivity contribution in [2.45, 2.75) is 53.7 Å². The van der Waals surface area contributed by atoms with Crippen molar-refractivity contribution in [3.05, 3.63) is 41.0 Å². The van der Waals surface area contributed by atoms with E-state index in [1.807, 2.05) is 26.0 Å². The molecule has 0 unspecified atom stereocenters. The largest absolute Gasteiger partial charge is 0.514 e.